The third kappa shape index (κ3) is 4.58. The molecule has 6 heteroatoms. The van der Waals surface area contributed by atoms with Crippen LogP contribution in [0.1, 0.15) is 33.3 Å². The summed E-state index contributed by atoms with van der Waals surface area (Å²) < 4.78 is 10.6. The van der Waals surface area contributed by atoms with Crippen molar-refractivity contribution >= 4 is 28.2 Å². The zero-order valence-corrected chi connectivity index (χ0v) is 15.1. The van der Waals surface area contributed by atoms with Crippen molar-refractivity contribution in [2.45, 2.75) is 27.7 Å². The second-order valence-corrected chi connectivity index (χ2v) is 6.68. The van der Waals surface area contributed by atoms with Gasteiger partial charge in [0, 0.05) is 4.88 Å². The van der Waals surface area contributed by atoms with Gasteiger partial charge >= 0.3 is 5.97 Å². The van der Waals surface area contributed by atoms with E-state index in [0.29, 0.717) is 16.3 Å². The number of ether oxygens (including phenoxy) is 2. The fraction of sp³-hybridized carbons (Fsp3) is 0.333. The summed E-state index contributed by atoms with van der Waals surface area (Å²) in [6, 6.07) is 7.54. The third-order valence-corrected chi connectivity index (χ3v) is 4.27. The van der Waals surface area contributed by atoms with Gasteiger partial charge in [0.05, 0.1) is 12.2 Å². The summed E-state index contributed by atoms with van der Waals surface area (Å²) in [5.74, 6) is -0.0750. The van der Waals surface area contributed by atoms with Gasteiger partial charge in [0.2, 0.25) is 0 Å². The lowest BCUT2D eigenvalue weighted by Crippen LogP contribution is -2.21. The first-order chi connectivity index (χ1) is 11.4. The minimum atomic E-state index is -0.437. The first kappa shape index (κ1) is 18.0. The van der Waals surface area contributed by atoms with Crippen LogP contribution in [0.2, 0.25) is 0 Å². The van der Waals surface area contributed by atoms with Crippen LogP contribution in [0, 0.1) is 20.8 Å². The zero-order chi connectivity index (χ0) is 17.7. The van der Waals surface area contributed by atoms with Gasteiger partial charge in [0.25, 0.3) is 5.91 Å². The maximum Gasteiger partial charge on any atom is 0.341 e. The fourth-order valence-corrected chi connectivity index (χ4v) is 3.05. The Bertz CT molecular complexity index is 751. The lowest BCUT2D eigenvalue weighted by atomic mass is 10.1. The topological polar surface area (TPSA) is 64.6 Å². The van der Waals surface area contributed by atoms with E-state index < -0.39 is 5.97 Å². The SMILES string of the molecule is CCOC(=O)c1cc(C)sc1NC(=O)COc1cc(C)ccc1C. The number of anilines is 1. The van der Waals surface area contributed by atoms with E-state index >= 15 is 0 Å². The van der Waals surface area contributed by atoms with E-state index in [2.05, 4.69) is 5.32 Å². The molecule has 0 aliphatic rings. The van der Waals surface area contributed by atoms with Crippen molar-refractivity contribution in [2.75, 3.05) is 18.5 Å². The number of hydrogen-bond donors (Lipinski definition) is 1. The van der Waals surface area contributed by atoms with Crippen LogP contribution in [0.5, 0.6) is 5.75 Å². The van der Waals surface area contributed by atoms with Gasteiger partial charge in [-0.3, -0.25) is 4.79 Å². The fourth-order valence-electron chi connectivity index (χ4n) is 2.14. The molecule has 128 valence electrons. The van der Waals surface area contributed by atoms with Crippen LogP contribution in [0.4, 0.5) is 5.00 Å². The van der Waals surface area contributed by atoms with Crippen LogP contribution in [0.25, 0.3) is 0 Å². The Hall–Kier alpha value is -2.34. The van der Waals surface area contributed by atoms with Crippen LogP contribution >= 0.6 is 11.3 Å². The number of esters is 1. The van der Waals surface area contributed by atoms with E-state index in [1.54, 1.807) is 13.0 Å². The summed E-state index contributed by atoms with van der Waals surface area (Å²) in [7, 11) is 0. The number of hydrogen-bond acceptors (Lipinski definition) is 5. The Balaban J connectivity index is 2.02. The number of thiophene rings is 1. The Morgan fingerprint density at radius 1 is 1.17 bits per heavy atom. The number of aryl methyl sites for hydroxylation is 3. The molecule has 24 heavy (non-hydrogen) atoms. The molecule has 1 N–H and O–H groups in total. The molecule has 2 aromatic rings. The van der Waals surface area contributed by atoms with Gasteiger partial charge in [-0.25, -0.2) is 4.79 Å². The number of amides is 1. The van der Waals surface area contributed by atoms with E-state index in [9.17, 15) is 9.59 Å². The van der Waals surface area contributed by atoms with Crippen molar-refractivity contribution in [1.29, 1.82) is 0 Å². The molecule has 1 aromatic heterocycles. The van der Waals surface area contributed by atoms with Crippen molar-refractivity contribution < 1.29 is 19.1 Å². The molecule has 0 saturated heterocycles. The Kier molecular flexibility index (Phi) is 5.98. The van der Waals surface area contributed by atoms with E-state index in [0.717, 1.165) is 16.0 Å². The summed E-state index contributed by atoms with van der Waals surface area (Å²) in [5, 5.41) is 3.22. The highest BCUT2D eigenvalue weighted by Crippen LogP contribution is 2.28. The molecule has 1 amide bonds. The van der Waals surface area contributed by atoms with Gasteiger partial charge in [0.15, 0.2) is 6.61 Å². The third-order valence-electron chi connectivity index (χ3n) is 3.31. The van der Waals surface area contributed by atoms with Gasteiger partial charge in [-0.05, 0) is 51.0 Å². The Morgan fingerprint density at radius 2 is 1.92 bits per heavy atom. The molecule has 0 aliphatic carbocycles. The van der Waals surface area contributed by atoms with Crippen LogP contribution in [0.15, 0.2) is 24.3 Å². The molecule has 0 unspecified atom stereocenters. The predicted octanol–water partition coefficient (Wildman–Crippen LogP) is 3.87. The molecule has 1 heterocycles. The molecule has 0 bridgehead atoms. The monoisotopic (exact) mass is 347 g/mol. The molecule has 1 aromatic carbocycles. The standard InChI is InChI=1S/C18H21NO4S/c1-5-22-18(21)14-9-13(4)24-17(14)19-16(20)10-23-15-8-11(2)6-7-12(15)3/h6-9H,5,10H2,1-4H3,(H,19,20). The highest BCUT2D eigenvalue weighted by Gasteiger charge is 2.18. The van der Waals surface area contributed by atoms with E-state index in [4.69, 9.17) is 9.47 Å². The molecule has 0 atom stereocenters. The number of carbonyl (C=O) groups is 2. The maximum atomic E-state index is 12.1. The van der Waals surface area contributed by atoms with Crippen LogP contribution in [-0.2, 0) is 9.53 Å². The number of rotatable bonds is 6. The van der Waals surface area contributed by atoms with Crippen molar-refractivity contribution in [3.05, 3.63) is 45.8 Å². The molecule has 0 saturated carbocycles. The van der Waals surface area contributed by atoms with Crippen LogP contribution in [0.3, 0.4) is 0 Å². The Labute approximate surface area is 145 Å². The van der Waals surface area contributed by atoms with Crippen LogP contribution < -0.4 is 10.1 Å². The molecule has 0 spiro atoms. The minimum Gasteiger partial charge on any atom is -0.483 e. The van der Waals surface area contributed by atoms with E-state index in [1.165, 1.54) is 11.3 Å². The molecular weight excluding hydrogens is 326 g/mol. The summed E-state index contributed by atoms with van der Waals surface area (Å²) >= 11 is 1.34. The van der Waals surface area contributed by atoms with Gasteiger partial charge in [-0.2, -0.15) is 0 Å². The number of carbonyl (C=O) groups excluding carboxylic acids is 2. The maximum absolute atomic E-state index is 12.1. The van der Waals surface area contributed by atoms with Crippen LogP contribution in [-0.4, -0.2) is 25.1 Å². The molecular formula is C18H21NO4S. The zero-order valence-electron chi connectivity index (χ0n) is 14.3. The largest absolute Gasteiger partial charge is 0.483 e. The normalized spacial score (nSPS) is 10.3. The number of nitrogens with one attached hydrogen (secondary N) is 1. The molecule has 0 fully saturated rings. The summed E-state index contributed by atoms with van der Waals surface area (Å²) in [4.78, 5) is 25.0. The van der Waals surface area contributed by atoms with Gasteiger partial charge < -0.3 is 14.8 Å². The minimum absolute atomic E-state index is 0.122. The van der Waals surface area contributed by atoms with Gasteiger partial charge in [-0.15, -0.1) is 11.3 Å². The summed E-state index contributed by atoms with van der Waals surface area (Å²) in [5.41, 5.74) is 2.40. The Morgan fingerprint density at radius 3 is 2.62 bits per heavy atom. The van der Waals surface area contributed by atoms with Crippen molar-refractivity contribution in [3.63, 3.8) is 0 Å². The molecule has 0 aliphatic heterocycles. The first-order valence-electron chi connectivity index (χ1n) is 7.68. The second-order valence-electron chi connectivity index (χ2n) is 5.43. The quantitative estimate of drug-likeness (QED) is 0.806. The summed E-state index contributed by atoms with van der Waals surface area (Å²) in [6.45, 7) is 7.67. The predicted molar refractivity (Wildman–Crippen MR) is 95.1 cm³/mol. The lowest BCUT2D eigenvalue weighted by Gasteiger charge is -2.10. The van der Waals surface area contributed by atoms with Gasteiger partial charge in [-0.1, -0.05) is 12.1 Å². The second kappa shape index (κ2) is 7.97. The molecule has 2 rings (SSSR count). The average Bonchev–Trinajstić information content (AvgIpc) is 2.89. The van der Waals surface area contributed by atoms with Crippen molar-refractivity contribution in [1.82, 2.24) is 0 Å². The first-order valence-corrected chi connectivity index (χ1v) is 8.49. The average molecular weight is 347 g/mol. The lowest BCUT2D eigenvalue weighted by molar-refractivity contribution is -0.118. The molecule has 5 nitrogen and oxygen atoms in total. The van der Waals surface area contributed by atoms with E-state index in [-0.39, 0.29) is 19.1 Å². The smallest absolute Gasteiger partial charge is 0.341 e. The number of benzene rings is 1. The van der Waals surface area contributed by atoms with E-state index in [1.807, 2.05) is 39.0 Å². The highest BCUT2D eigenvalue weighted by atomic mass is 32.1. The summed E-state index contributed by atoms with van der Waals surface area (Å²) in [6.07, 6.45) is 0. The van der Waals surface area contributed by atoms with Crippen molar-refractivity contribution in [3.8, 4) is 5.75 Å². The van der Waals surface area contributed by atoms with Crippen molar-refractivity contribution in [2.24, 2.45) is 0 Å². The highest BCUT2D eigenvalue weighted by molar-refractivity contribution is 7.16. The molecule has 0 radical (unpaired) electrons. The van der Waals surface area contributed by atoms with Gasteiger partial charge in [0.1, 0.15) is 10.8 Å².